The summed E-state index contributed by atoms with van der Waals surface area (Å²) in [6.07, 6.45) is 0.380. The van der Waals surface area contributed by atoms with E-state index in [-0.39, 0.29) is 11.9 Å². The van der Waals surface area contributed by atoms with Crippen LogP contribution in [0, 0.1) is 13.8 Å². The van der Waals surface area contributed by atoms with E-state index in [4.69, 9.17) is 0 Å². The minimum Gasteiger partial charge on any atom is -0.349 e. The van der Waals surface area contributed by atoms with E-state index in [9.17, 15) is 4.79 Å². The number of carbonyl (C=O) groups is 1. The zero-order chi connectivity index (χ0) is 12.3. The van der Waals surface area contributed by atoms with Gasteiger partial charge in [0.25, 0.3) is 5.95 Å². The molecule has 0 aliphatic rings. The molecule has 0 radical (unpaired) electrons. The lowest BCUT2D eigenvalue weighted by atomic mass is 10.3. The number of carbonyl (C=O) groups excluding carboxylic acids is 1. The number of aromatic amines is 1. The zero-order valence-corrected chi connectivity index (χ0v) is 9.77. The number of nitrogens with zero attached hydrogens (tertiary/aromatic N) is 4. The molecular formula is C10H14N6O. The molecule has 2 rings (SSSR count). The van der Waals surface area contributed by atoms with E-state index in [2.05, 4.69) is 30.5 Å². The van der Waals surface area contributed by atoms with Crippen LogP contribution in [0.25, 0.3) is 0 Å². The fourth-order valence-electron chi connectivity index (χ4n) is 1.67. The molecule has 0 saturated heterocycles. The van der Waals surface area contributed by atoms with E-state index in [1.807, 2.05) is 26.0 Å². The highest BCUT2D eigenvalue weighted by Crippen LogP contribution is 2.08. The van der Waals surface area contributed by atoms with Gasteiger partial charge in [0.2, 0.25) is 5.91 Å². The van der Waals surface area contributed by atoms with Crippen molar-refractivity contribution < 1.29 is 4.79 Å². The maximum absolute atomic E-state index is 11.6. The summed E-state index contributed by atoms with van der Waals surface area (Å²) in [6, 6.07) is 4.07. The van der Waals surface area contributed by atoms with Crippen LogP contribution in [0.3, 0.4) is 0 Å². The third-order valence-electron chi connectivity index (χ3n) is 2.58. The summed E-state index contributed by atoms with van der Waals surface area (Å²) in [7, 11) is 0. The lowest BCUT2D eigenvalue weighted by Crippen LogP contribution is -2.16. The van der Waals surface area contributed by atoms with Crippen molar-refractivity contribution in [3.05, 3.63) is 23.5 Å². The molecule has 2 aromatic heterocycles. The Hall–Kier alpha value is -2.18. The molecule has 17 heavy (non-hydrogen) atoms. The topological polar surface area (TPSA) is 88.5 Å². The number of aryl methyl sites for hydroxylation is 2. The summed E-state index contributed by atoms with van der Waals surface area (Å²) < 4.78 is 2.09. The molecule has 2 aromatic rings. The Labute approximate surface area is 98.2 Å². The maximum Gasteiger partial charge on any atom is 0.269 e. The summed E-state index contributed by atoms with van der Waals surface area (Å²) in [5.74, 6) is 0.0786. The van der Waals surface area contributed by atoms with Crippen LogP contribution in [0.4, 0.5) is 5.95 Å². The second kappa shape index (κ2) is 4.77. The first-order valence-corrected chi connectivity index (χ1v) is 5.33. The predicted octanol–water partition coefficient (Wildman–Crippen LogP) is 0.647. The first-order chi connectivity index (χ1) is 8.16. The molecule has 7 heteroatoms. The Morgan fingerprint density at radius 1 is 1.41 bits per heavy atom. The smallest absolute Gasteiger partial charge is 0.269 e. The number of nitrogens with one attached hydrogen (secondary N) is 2. The van der Waals surface area contributed by atoms with Gasteiger partial charge in [-0.25, -0.2) is 0 Å². The normalized spacial score (nSPS) is 10.5. The summed E-state index contributed by atoms with van der Waals surface area (Å²) >= 11 is 0. The summed E-state index contributed by atoms with van der Waals surface area (Å²) in [4.78, 5) is 11.6. The van der Waals surface area contributed by atoms with Gasteiger partial charge in [0.15, 0.2) is 0 Å². The molecule has 0 spiro atoms. The van der Waals surface area contributed by atoms with Crippen LogP contribution in [0.15, 0.2) is 12.1 Å². The van der Waals surface area contributed by atoms with E-state index >= 15 is 0 Å². The van der Waals surface area contributed by atoms with Gasteiger partial charge in [-0.1, -0.05) is 5.10 Å². The molecule has 0 aliphatic heterocycles. The second-order valence-electron chi connectivity index (χ2n) is 3.80. The average molecular weight is 234 g/mol. The van der Waals surface area contributed by atoms with Gasteiger partial charge < -0.3 is 4.57 Å². The average Bonchev–Trinajstić information content (AvgIpc) is 2.88. The van der Waals surface area contributed by atoms with Crippen LogP contribution < -0.4 is 5.32 Å². The molecule has 7 nitrogen and oxygen atoms in total. The number of H-pyrrole nitrogens is 1. The summed E-state index contributed by atoms with van der Waals surface area (Å²) in [5, 5.41) is 15.5. The molecule has 2 N–H and O–H groups in total. The molecule has 90 valence electrons. The number of aromatic nitrogens is 5. The van der Waals surface area contributed by atoms with Gasteiger partial charge in [-0.2, -0.15) is 5.21 Å². The van der Waals surface area contributed by atoms with Crippen LogP contribution in [0.1, 0.15) is 17.8 Å². The van der Waals surface area contributed by atoms with Gasteiger partial charge in [0.05, 0.1) is 0 Å². The van der Waals surface area contributed by atoms with Gasteiger partial charge in [-0.15, -0.1) is 5.10 Å². The molecule has 0 unspecified atom stereocenters. The van der Waals surface area contributed by atoms with Gasteiger partial charge >= 0.3 is 0 Å². The minimum atomic E-state index is -0.126. The van der Waals surface area contributed by atoms with E-state index in [0.29, 0.717) is 13.0 Å². The maximum atomic E-state index is 11.6. The van der Waals surface area contributed by atoms with Crippen LogP contribution in [0.5, 0.6) is 0 Å². The van der Waals surface area contributed by atoms with Crippen molar-refractivity contribution in [1.82, 2.24) is 25.2 Å². The first kappa shape index (κ1) is 11.3. The number of rotatable bonds is 4. The summed E-state index contributed by atoms with van der Waals surface area (Å²) in [6.45, 7) is 4.68. The molecule has 0 aromatic carbocycles. The Morgan fingerprint density at radius 3 is 2.71 bits per heavy atom. The number of anilines is 1. The molecule has 0 aliphatic carbocycles. The monoisotopic (exact) mass is 234 g/mol. The highest BCUT2D eigenvalue weighted by Gasteiger charge is 2.07. The predicted molar refractivity (Wildman–Crippen MR) is 61.3 cm³/mol. The van der Waals surface area contributed by atoms with Crippen molar-refractivity contribution >= 4 is 11.9 Å². The fourth-order valence-corrected chi connectivity index (χ4v) is 1.67. The van der Waals surface area contributed by atoms with Crippen molar-refractivity contribution in [2.45, 2.75) is 26.8 Å². The van der Waals surface area contributed by atoms with E-state index in [0.717, 1.165) is 11.4 Å². The summed E-state index contributed by atoms with van der Waals surface area (Å²) in [5.41, 5.74) is 2.30. The SMILES string of the molecule is Cc1ccc(C)n1CCC(=O)Nc1nn[nH]n1. The zero-order valence-electron chi connectivity index (χ0n) is 9.77. The molecule has 0 bridgehead atoms. The van der Waals surface area contributed by atoms with E-state index < -0.39 is 0 Å². The van der Waals surface area contributed by atoms with Crippen LogP contribution in [-0.2, 0) is 11.3 Å². The highest BCUT2D eigenvalue weighted by atomic mass is 16.1. The standard InChI is InChI=1S/C10H14N6O/c1-7-3-4-8(2)16(7)6-5-9(17)11-10-12-14-15-13-10/h3-4H,5-6H2,1-2H3,(H2,11,12,13,14,15,17). The van der Waals surface area contributed by atoms with E-state index in [1.54, 1.807) is 0 Å². The number of hydrogen-bond acceptors (Lipinski definition) is 4. The van der Waals surface area contributed by atoms with E-state index in [1.165, 1.54) is 0 Å². The first-order valence-electron chi connectivity index (χ1n) is 5.33. The molecule has 2 heterocycles. The van der Waals surface area contributed by atoms with Crippen LogP contribution in [0.2, 0.25) is 0 Å². The Balaban J connectivity index is 1.88. The molecule has 0 saturated carbocycles. The Kier molecular flexibility index (Phi) is 3.17. The fraction of sp³-hybridized carbons (Fsp3) is 0.400. The lowest BCUT2D eigenvalue weighted by Gasteiger charge is -2.08. The molecular weight excluding hydrogens is 220 g/mol. The highest BCUT2D eigenvalue weighted by molar-refractivity contribution is 5.88. The third-order valence-corrected chi connectivity index (χ3v) is 2.58. The third kappa shape index (κ3) is 2.68. The second-order valence-corrected chi connectivity index (χ2v) is 3.80. The number of hydrogen-bond donors (Lipinski definition) is 2. The van der Waals surface area contributed by atoms with Gasteiger partial charge in [-0.3, -0.25) is 10.1 Å². The Morgan fingerprint density at radius 2 is 2.12 bits per heavy atom. The van der Waals surface area contributed by atoms with Crippen molar-refractivity contribution in [2.24, 2.45) is 0 Å². The van der Waals surface area contributed by atoms with Crippen LogP contribution >= 0.6 is 0 Å². The quantitative estimate of drug-likeness (QED) is 0.812. The molecule has 0 atom stereocenters. The van der Waals surface area contributed by atoms with Gasteiger partial charge in [0.1, 0.15) is 0 Å². The molecule has 0 fully saturated rings. The van der Waals surface area contributed by atoms with Crippen LogP contribution in [-0.4, -0.2) is 31.1 Å². The largest absolute Gasteiger partial charge is 0.349 e. The van der Waals surface area contributed by atoms with Gasteiger partial charge in [-0.05, 0) is 31.2 Å². The number of amides is 1. The van der Waals surface area contributed by atoms with Crippen molar-refractivity contribution in [2.75, 3.05) is 5.32 Å². The molecule has 1 amide bonds. The van der Waals surface area contributed by atoms with Crippen molar-refractivity contribution in [3.8, 4) is 0 Å². The Bertz CT molecular complexity index is 481. The van der Waals surface area contributed by atoms with Crippen molar-refractivity contribution in [3.63, 3.8) is 0 Å². The van der Waals surface area contributed by atoms with Crippen molar-refractivity contribution in [1.29, 1.82) is 0 Å². The minimum absolute atomic E-state index is 0.126. The lowest BCUT2D eigenvalue weighted by molar-refractivity contribution is -0.116. The van der Waals surface area contributed by atoms with Gasteiger partial charge in [0, 0.05) is 24.4 Å². The number of tetrazole rings is 1.